The molecule has 0 aliphatic carbocycles. The van der Waals surface area contributed by atoms with Gasteiger partial charge in [-0.15, -0.1) is 0 Å². The van der Waals surface area contributed by atoms with Gasteiger partial charge in [-0.05, 0) is 24.6 Å². The first-order valence-corrected chi connectivity index (χ1v) is 6.47. The molecule has 3 nitrogen and oxygen atoms in total. The van der Waals surface area contributed by atoms with Crippen LogP contribution >= 0.6 is 0 Å². The third kappa shape index (κ3) is 6.23. The van der Waals surface area contributed by atoms with Gasteiger partial charge in [-0.25, -0.2) is 4.39 Å². The van der Waals surface area contributed by atoms with Crippen molar-refractivity contribution in [1.29, 1.82) is 0 Å². The Morgan fingerprint density at radius 2 is 2.11 bits per heavy atom. The molecule has 4 heteroatoms. The van der Waals surface area contributed by atoms with E-state index in [-0.39, 0.29) is 12.4 Å². The Bertz CT molecular complexity index is 438. The summed E-state index contributed by atoms with van der Waals surface area (Å²) < 4.78 is 24.0. The summed E-state index contributed by atoms with van der Waals surface area (Å²) in [5, 5.41) is 0. The number of rotatable bonds is 7. The van der Waals surface area contributed by atoms with Gasteiger partial charge in [0.25, 0.3) is 0 Å². The molecule has 0 radical (unpaired) electrons. The van der Waals surface area contributed by atoms with E-state index in [9.17, 15) is 4.39 Å². The quantitative estimate of drug-likeness (QED) is 0.608. The highest BCUT2D eigenvalue weighted by atomic mass is 19.1. The molecule has 0 aromatic heterocycles. The molecule has 2 N–H and O–H groups in total. The minimum absolute atomic E-state index is 0.232. The average Bonchev–Trinajstić information content (AvgIpc) is 2.42. The summed E-state index contributed by atoms with van der Waals surface area (Å²) in [4.78, 5) is 0. The van der Waals surface area contributed by atoms with E-state index in [1.54, 1.807) is 6.07 Å². The first kappa shape index (κ1) is 15.5. The summed E-state index contributed by atoms with van der Waals surface area (Å²) in [7, 11) is 0. The smallest absolute Gasteiger partial charge is 0.135 e. The van der Waals surface area contributed by atoms with Crippen molar-refractivity contribution in [2.75, 3.05) is 26.4 Å². The number of halogens is 1. The van der Waals surface area contributed by atoms with E-state index in [1.165, 1.54) is 12.1 Å². The second-order valence-electron chi connectivity index (χ2n) is 3.96. The highest BCUT2D eigenvalue weighted by Crippen LogP contribution is 2.18. The molecule has 0 fully saturated rings. The van der Waals surface area contributed by atoms with Gasteiger partial charge in [0.2, 0.25) is 0 Å². The van der Waals surface area contributed by atoms with Crippen LogP contribution in [0.15, 0.2) is 18.2 Å². The second-order valence-corrected chi connectivity index (χ2v) is 3.96. The van der Waals surface area contributed by atoms with Gasteiger partial charge in [0.1, 0.15) is 18.2 Å². The number of benzene rings is 1. The van der Waals surface area contributed by atoms with Crippen molar-refractivity contribution in [3.8, 4) is 17.6 Å². The Balaban J connectivity index is 2.48. The van der Waals surface area contributed by atoms with Crippen molar-refractivity contribution in [3.63, 3.8) is 0 Å². The molecule has 0 aliphatic rings. The predicted molar refractivity (Wildman–Crippen MR) is 73.6 cm³/mol. The third-order valence-corrected chi connectivity index (χ3v) is 2.39. The Hall–Kier alpha value is -1.57. The maximum Gasteiger partial charge on any atom is 0.135 e. The fraction of sp³-hybridized carbons (Fsp3) is 0.467. The molecule has 1 rings (SSSR count). The van der Waals surface area contributed by atoms with Crippen LogP contribution in [0.2, 0.25) is 0 Å². The Morgan fingerprint density at radius 3 is 2.84 bits per heavy atom. The van der Waals surface area contributed by atoms with Gasteiger partial charge in [-0.1, -0.05) is 25.2 Å². The molecule has 0 bridgehead atoms. The first-order valence-electron chi connectivity index (χ1n) is 6.47. The molecule has 0 saturated heterocycles. The van der Waals surface area contributed by atoms with Crippen LogP contribution in [0.25, 0.3) is 0 Å². The van der Waals surface area contributed by atoms with E-state index in [0.717, 1.165) is 19.4 Å². The molecular weight excluding hydrogens is 245 g/mol. The van der Waals surface area contributed by atoms with Crippen molar-refractivity contribution in [1.82, 2.24) is 0 Å². The third-order valence-electron chi connectivity index (χ3n) is 2.39. The fourth-order valence-corrected chi connectivity index (χ4v) is 1.43. The van der Waals surface area contributed by atoms with E-state index in [4.69, 9.17) is 15.2 Å². The Labute approximate surface area is 113 Å². The summed E-state index contributed by atoms with van der Waals surface area (Å²) in [6, 6.07) is 4.26. The number of ether oxygens (including phenoxy) is 2. The second kappa shape index (κ2) is 9.37. The SMILES string of the molecule is CCCCOCCOc1ccc(F)cc1C#CCN. The number of hydrogen-bond donors (Lipinski definition) is 1. The summed E-state index contributed by atoms with van der Waals surface area (Å²) in [6.07, 6.45) is 2.15. The van der Waals surface area contributed by atoms with Gasteiger partial charge in [0.05, 0.1) is 18.7 Å². The van der Waals surface area contributed by atoms with Crippen LogP contribution in [0.5, 0.6) is 5.75 Å². The Kier molecular flexibility index (Phi) is 7.64. The topological polar surface area (TPSA) is 44.5 Å². The highest BCUT2D eigenvalue weighted by Gasteiger charge is 2.03. The van der Waals surface area contributed by atoms with Gasteiger partial charge in [0.15, 0.2) is 0 Å². The van der Waals surface area contributed by atoms with Crippen LogP contribution in [0, 0.1) is 17.7 Å². The minimum Gasteiger partial charge on any atom is -0.490 e. The lowest BCUT2D eigenvalue weighted by Gasteiger charge is -2.08. The van der Waals surface area contributed by atoms with Crippen LogP contribution in [0.4, 0.5) is 4.39 Å². The van der Waals surface area contributed by atoms with Gasteiger partial charge >= 0.3 is 0 Å². The zero-order valence-corrected chi connectivity index (χ0v) is 11.2. The van der Waals surface area contributed by atoms with E-state index < -0.39 is 0 Å². The van der Waals surface area contributed by atoms with Crippen LogP contribution in [-0.4, -0.2) is 26.4 Å². The molecular formula is C15H20FNO2. The molecule has 104 valence electrons. The van der Waals surface area contributed by atoms with Crippen molar-refractivity contribution in [2.45, 2.75) is 19.8 Å². The largest absolute Gasteiger partial charge is 0.490 e. The van der Waals surface area contributed by atoms with Crippen LogP contribution in [0.3, 0.4) is 0 Å². The summed E-state index contributed by atoms with van der Waals surface area (Å²) >= 11 is 0. The summed E-state index contributed by atoms with van der Waals surface area (Å²) in [5.74, 6) is 5.70. The first-order chi connectivity index (χ1) is 9.27. The number of hydrogen-bond acceptors (Lipinski definition) is 3. The standard InChI is InChI=1S/C15H20FNO2/c1-2-3-9-18-10-11-19-15-7-6-14(16)12-13(15)5-4-8-17/h6-7,12H,2-3,8-11,17H2,1H3. The molecule has 1 aromatic rings. The lowest BCUT2D eigenvalue weighted by Crippen LogP contribution is -2.08. The molecule has 0 heterocycles. The summed E-state index contributed by atoms with van der Waals surface area (Å²) in [5.41, 5.74) is 5.82. The van der Waals surface area contributed by atoms with Crippen LogP contribution < -0.4 is 10.5 Å². The van der Waals surface area contributed by atoms with Gasteiger partial charge in [0, 0.05) is 6.61 Å². The predicted octanol–water partition coefficient (Wildman–Crippen LogP) is 2.33. The van der Waals surface area contributed by atoms with Gasteiger partial charge in [-0.2, -0.15) is 0 Å². The monoisotopic (exact) mass is 265 g/mol. The van der Waals surface area contributed by atoms with Crippen molar-refractivity contribution in [2.24, 2.45) is 5.73 Å². The maximum atomic E-state index is 13.1. The fourth-order valence-electron chi connectivity index (χ4n) is 1.43. The van der Waals surface area contributed by atoms with Crippen molar-refractivity contribution >= 4 is 0 Å². The molecule has 0 saturated carbocycles. The molecule has 1 aromatic carbocycles. The van der Waals surface area contributed by atoms with Crippen molar-refractivity contribution in [3.05, 3.63) is 29.6 Å². The maximum absolute atomic E-state index is 13.1. The average molecular weight is 265 g/mol. The number of unbranched alkanes of at least 4 members (excludes halogenated alkanes) is 1. The van der Waals surface area contributed by atoms with E-state index >= 15 is 0 Å². The van der Waals surface area contributed by atoms with E-state index in [1.807, 2.05) is 0 Å². The van der Waals surface area contributed by atoms with E-state index in [0.29, 0.717) is 24.5 Å². The van der Waals surface area contributed by atoms with E-state index in [2.05, 4.69) is 18.8 Å². The van der Waals surface area contributed by atoms with Crippen molar-refractivity contribution < 1.29 is 13.9 Å². The normalized spacial score (nSPS) is 9.84. The highest BCUT2D eigenvalue weighted by molar-refractivity contribution is 5.46. The zero-order valence-electron chi connectivity index (χ0n) is 11.2. The molecule has 0 amide bonds. The molecule has 0 spiro atoms. The lowest BCUT2D eigenvalue weighted by molar-refractivity contribution is 0.0979. The Morgan fingerprint density at radius 1 is 1.26 bits per heavy atom. The lowest BCUT2D eigenvalue weighted by atomic mass is 10.2. The molecule has 19 heavy (non-hydrogen) atoms. The number of nitrogens with two attached hydrogens (primary N) is 1. The molecule has 0 unspecified atom stereocenters. The van der Waals surface area contributed by atoms with Crippen LogP contribution in [-0.2, 0) is 4.74 Å². The minimum atomic E-state index is -0.340. The van der Waals surface area contributed by atoms with Gasteiger partial charge in [-0.3, -0.25) is 0 Å². The zero-order chi connectivity index (χ0) is 13.9. The van der Waals surface area contributed by atoms with Gasteiger partial charge < -0.3 is 15.2 Å². The summed E-state index contributed by atoms with van der Waals surface area (Å²) in [6.45, 7) is 4.02. The molecule has 0 aliphatic heterocycles. The van der Waals surface area contributed by atoms with Crippen LogP contribution in [0.1, 0.15) is 25.3 Å². The molecule has 0 atom stereocenters.